The van der Waals surface area contributed by atoms with Gasteiger partial charge >= 0.3 is 6.03 Å². The molecule has 4 aliphatic rings. The van der Waals surface area contributed by atoms with Crippen LogP contribution in [0, 0.1) is 17.8 Å². The highest BCUT2D eigenvalue weighted by Crippen LogP contribution is 2.47. The van der Waals surface area contributed by atoms with Gasteiger partial charge in [-0.3, -0.25) is 19.1 Å². The summed E-state index contributed by atoms with van der Waals surface area (Å²) in [6, 6.07) is 4.75. The highest BCUT2D eigenvalue weighted by Gasteiger charge is 2.63. The van der Waals surface area contributed by atoms with Crippen LogP contribution < -0.4 is 30.1 Å². The number of hydrogen-bond donors (Lipinski definition) is 4. The lowest BCUT2D eigenvalue weighted by atomic mass is 9.85. The molecule has 55 heavy (non-hydrogen) atoms. The summed E-state index contributed by atoms with van der Waals surface area (Å²) < 4.78 is 39.7. The van der Waals surface area contributed by atoms with E-state index in [1.807, 2.05) is 64.1 Å². The average molecular weight is 781 g/mol. The van der Waals surface area contributed by atoms with Crippen molar-refractivity contribution in [3.05, 3.63) is 42.6 Å². The summed E-state index contributed by atoms with van der Waals surface area (Å²) in [7, 11) is -2.42. The van der Waals surface area contributed by atoms with Crippen LogP contribution in [0.5, 0.6) is 11.6 Å². The fraction of sp³-hybridized carbons (Fsp3) is 0.625. The van der Waals surface area contributed by atoms with Gasteiger partial charge in [-0.2, -0.15) is 0 Å². The Labute approximate surface area is 324 Å². The Hall–Kier alpha value is -4.40. The van der Waals surface area contributed by atoms with Gasteiger partial charge in [-0.15, -0.1) is 0 Å². The molecule has 1 saturated heterocycles. The van der Waals surface area contributed by atoms with Gasteiger partial charge in [0.15, 0.2) is 0 Å². The zero-order chi connectivity index (χ0) is 39.9. The highest BCUT2D eigenvalue weighted by molar-refractivity contribution is 7.91. The summed E-state index contributed by atoms with van der Waals surface area (Å²) >= 11 is 0. The van der Waals surface area contributed by atoms with Crippen molar-refractivity contribution in [2.75, 3.05) is 13.7 Å². The number of hydrogen-bond acceptors (Lipinski definition) is 9. The molecule has 1 aromatic carbocycles. The number of amides is 5. The average Bonchev–Trinajstić information content (AvgIpc) is 4.00. The van der Waals surface area contributed by atoms with Gasteiger partial charge in [-0.25, -0.2) is 18.2 Å². The smallest absolute Gasteiger partial charge is 0.315 e. The minimum Gasteiger partial charge on any atom is -0.496 e. The van der Waals surface area contributed by atoms with E-state index in [9.17, 15) is 27.6 Å². The van der Waals surface area contributed by atoms with Crippen LogP contribution in [0.15, 0.2) is 42.6 Å². The van der Waals surface area contributed by atoms with Crippen LogP contribution in [-0.4, -0.2) is 89.7 Å². The monoisotopic (exact) mass is 780 g/mol. The summed E-state index contributed by atoms with van der Waals surface area (Å²) in [4.78, 5) is 62.8. The Morgan fingerprint density at radius 3 is 2.53 bits per heavy atom. The Kier molecular flexibility index (Phi) is 11.2. The number of sulfonamides is 1. The van der Waals surface area contributed by atoms with E-state index in [-0.39, 0.29) is 31.2 Å². The van der Waals surface area contributed by atoms with Crippen LogP contribution >= 0.6 is 0 Å². The van der Waals surface area contributed by atoms with E-state index >= 15 is 0 Å². The van der Waals surface area contributed by atoms with Crippen LogP contribution in [-0.2, 0) is 24.4 Å². The quantitative estimate of drug-likeness (QED) is 0.283. The number of methoxy groups -OCH3 is 1. The molecule has 0 spiro atoms. The molecule has 3 heterocycles. The molecule has 2 saturated carbocycles. The number of benzene rings is 1. The van der Waals surface area contributed by atoms with Gasteiger partial charge in [-0.05, 0) is 96.3 Å². The van der Waals surface area contributed by atoms with Gasteiger partial charge in [0, 0.05) is 34.8 Å². The van der Waals surface area contributed by atoms with Crippen LogP contribution in [0.2, 0.25) is 0 Å². The summed E-state index contributed by atoms with van der Waals surface area (Å²) in [5.74, 6) is -1.41. The van der Waals surface area contributed by atoms with Crippen molar-refractivity contribution in [3.8, 4) is 11.6 Å². The minimum atomic E-state index is -3.99. The number of fused-ring (bicyclic) bond motifs is 3. The number of allylic oxidation sites excluding steroid dienone is 1. The summed E-state index contributed by atoms with van der Waals surface area (Å²) in [5, 5.41) is 10.3. The molecule has 2 unspecified atom stereocenters. The molecule has 1 aromatic heterocycles. The molecular formula is C40H56N6O8S. The van der Waals surface area contributed by atoms with Gasteiger partial charge < -0.3 is 30.3 Å². The molecule has 3 fully saturated rings. The number of pyridine rings is 1. The molecule has 5 amide bonds. The van der Waals surface area contributed by atoms with Crippen LogP contribution in [0.4, 0.5) is 4.79 Å². The Bertz CT molecular complexity index is 1960. The van der Waals surface area contributed by atoms with Gasteiger partial charge in [0.25, 0.3) is 5.91 Å². The largest absolute Gasteiger partial charge is 0.496 e. The van der Waals surface area contributed by atoms with Crippen LogP contribution in [0.1, 0.15) is 92.9 Å². The fourth-order valence-electron chi connectivity index (χ4n) is 7.91. The van der Waals surface area contributed by atoms with Gasteiger partial charge in [0.2, 0.25) is 27.7 Å². The van der Waals surface area contributed by atoms with E-state index in [1.54, 1.807) is 20.2 Å². The first kappa shape index (κ1) is 40.3. The lowest BCUT2D eigenvalue weighted by Crippen LogP contribution is -2.60. The molecule has 0 bridgehead atoms. The Balaban J connectivity index is 1.37. The second-order valence-corrected chi connectivity index (χ2v) is 19.3. The maximum absolute atomic E-state index is 14.9. The maximum Gasteiger partial charge on any atom is 0.315 e. The molecule has 6 rings (SSSR count). The van der Waals surface area contributed by atoms with Gasteiger partial charge in [0.05, 0.1) is 18.4 Å². The zero-order valence-corrected chi connectivity index (χ0v) is 33.8. The summed E-state index contributed by atoms with van der Waals surface area (Å²) in [6.07, 6.45) is 8.65. The lowest BCUT2D eigenvalue weighted by Gasteiger charge is -2.34. The van der Waals surface area contributed by atoms with Crippen LogP contribution in [0.25, 0.3) is 10.8 Å². The topological polar surface area (TPSA) is 185 Å². The maximum atomic E-state index is 14.9. The minimum absolute atomic E-state index is 0.000719. The van der Waals surface area contributed by atoms with E-state index < -0.39 is 73.7 Å². The third kappa shape index (κ3) is 8.56. The zero-order valence-electron chi connectivity index (χ0n) is 32.9. The number of urea groups is 1. The molecule has 4 N–H and O–H groups in total. The molecule has 14 nitrogen and oxygen atoms in total. The van der Waals surface area contributed by atoms with E-state index in [0.29, 0.717) is 49.1 Å². The number of nitrogens with one attached hydrogen (secondary N) is 4. The predicted molar refractivity (Wildman–Crippen MR) is 208 cm³/mol. The number of aromatic nitrogens is 1. The lowest BCUT2D eigenvalue weighted by molar-refractivity contribution is -0.142. The van der Waals surface area contributed by atoms with Crippen molar-refractivity contribution in [2.24, 2.45) is 17.8 Å². The summed E-state index contributed by atoms with van der Waals surface area (Å²) in [5.41, 5.74) is -2.09. The second-order valence-electron chi connectivity index (χ2n) is 17.2. The molecule has 15 heteroatoms. The highest BCUT2D eigenvalue weighted by atomic mass is 32.2. The first-order valence-corrected chi connectivity index (χ1v) is 20.9. The van der Waals surface area contributed by atoms with Gasteiger partial charge in [0.1, 0.15) is 29.5 Å². The van der Waals surface area contributed by atoms with E-state index in [4.69, 9.17) is 9.47 Å². The number of nitrogens with zero attached hydrogens (tertiary/aromatic N) is 2. The fourth-order valence-corrected chi connectivity index (χ4v) is 9.23. The van der Waals surface area contributed by atoms with E-state index in [2.05, 4.69) is 32.6 Å². The first-order chi connectivity index (χ1) is 25.9. The SMILES string of the molecule is CC[C@@H]1C[C@H](C)CC/C=C\C2CC2(C(=O)NS(=O)(=O)C2(C)CC2)NC(=O)[C@@H]2C[C@@H](Oc3nccc4c(OC)cccc34)CN2C(=O)[C@H]1NC(=O)NC(C)(C)C. The van der Waals surface area contributed by atoms with Gasteiger partial charge in [-0.1, -0.05) is 38.5 Å². The Morgan fingerprint density at radius 2 is 1.85 bits per heavy atom. The number of carbonyl (C=O) groups is 4. The number of carbonyl (C=O) groups excluding carboxylic acids is 4. The molecule has 0 radical (unpaired) electrons. The molecular weight excluding hydrogens is 725 g/mol. The molecule has 300 valence electrons. The molecule has 2 aliphatic carbocycles. The van der Waals surface area contributed by atoms with Crippen molar-refractivity contribution >= 4 is 44.5 Å². The number of ether oxygens (including phenoxy) is 2. The van der Waals surface area contributed by atoms with Crippen molar-refractivity contribution in [1.82, 2.24) is 30.6 Å². The third-order valence-electron chi connectivity index (χ3n) is 11.6. The van der Waals surface area contributed by atoms with E-state index in [0.717, 1.165) is 11.8 Å². The van der Waals surface area contributed by atoms with Crippen LogP contribution in [0.3, 0.4) is 0 Å². The van der Waals surface area contributed by atoms with Crippen molar-refractivity contribution < 1.29 is 37.1 Å². The second kappa shape index (κ2) is 15.3. The summed E-state index contributed by atoms with van der Waals surface area (Å²) in [6.45, 7) is 11.3. The third-order valence-corrected chi connectivity index (χ3v) is 13.8. The molecule has 2 aromatic rings. The first-order valence-electron chi connectivity index (χ1n) is 19.4. The Morgan fingerprint density at radius 1 is 1.11 bits per heavy atom. The normalized spacial score (nSPS) is 30.1. The number of rotatable bonds is 8. The predicted octanol–water partition coefficient (Wildman–Crippen LogP) is 4.33. The standard InChI is InChI=1S/C40H56N6O8S/c1-8-25-20-24(2)12-9-10-13-26-22-40(26,36(49)45-55(51,52)39(6)17-18-39)43-33(47)30-21-27(23-46(30)35(48)32(25)42-37(50)44-38(3,4)5)54-34-29-14-11-15-31(53-7)28(29)16-19-41-34/h10-11,13-16,19,24-27,30,32H,8-9,12,17-18,20-23H2,1-7H3,(H,43,47)(H,45,49)(H2,42,44,50)/b13-10-/t24-,25-,26?,27-,30+,32+,40?/m1/s1. The van der Waals surface area contributed by atoms with Crippen molar-refractivity contribution in [2.45, 2.75) is 127 Å². The molecule has 7 atom stereocenters. The molecule has 2 aliphatic heterocycles. The van der Waals surface area contributed by atoms with E-state index in [1.165, 1.54) is 4.90 Å². The van der Waals surface area contributed by atoms with Crippen molar-refractivity contribution in [1.29, 1.82) is 0 Å². The van der Waals surface area contributed by atoms with Crippen molar-refractivity contribution in [3.63, 3.8) is 0 Å².